The molecule has 0 saturated carbocycles. The largest absolute Gasteiger partial charge is 0.486 e. The lowest BCUT2D eigenvalue weighted by molar-refractivity contribution is 0.0594. The first-order chi connectivity index (χ1) is 13.0. The zero-order valence-electron chi connectivity index (χ0n) is 14.6. The van der Waals surface area contributed by atoms with E-state index in [1.807, 2.05) is 0 Å². The summed E-state index contributed by atoms with van der Waals surface area (Å²) in [5.74, 6) is -0.00738. The summed E-state index contributed by atoms with van der Waals surface area (Å²) in [6.45, 7) is 0.148. The molecule has 0 bridgehead atoms. The van der Waals surface area contributed by atoms with Gasteiger partial charge in [0.05, 0.1) is 12.8 Å². The molecule has 2 heterocycles. The second kappa shape index (κ2) is 7.96. The van der Waals surface area contributed by atoms with Crippen LogP contribution in [0.5, 0.6) is 5.75 Å². The van der Waals surface area contributed by atoms with Crippen molar-refractivity contribution in [1.82, 2.24) is 9.78 Å². The number of hydrogen-bond donors (Lipinski definition) is 1. The van der Waals surface area contributed by atoms with E-state index in [1.165, 1.54) is 24.1 Å². The van der Waals surface area contributed by atoms with Gasteiger partial charge in [0.25, 0.3) is 5.91 Å². The summed E-state index contributed by atoms with van der Waals surface area (Å²) in [5, 5.41) is 7.17. The first-order valence-corrected chi connectivity index (χ1v) is 8.24. The fourth-order valence-corrected chi connectivity index (χ4v) is 2.40. The summed E-state index contributed by atoms with van der Waals surface area (Å²) in [7, 11) is 2.86. The number of amides is 1. The molecule has 0 fully saturated rings. The van der Waals surface area contributed by atoms with E-state index in [2.05, 4.69) is 15.2 Å². The Morgan fingerprint density at radius 1 is 1.22 bits per heavy atom. The Kier molecular flexibility index (Phi) is 5.46. The highest BCUT2D eigenvalue weighted by Gasteiger charge is 2.20. The van der Waals surface area contributed by atoms with Crippen molar-refractivity contribution in [3.8, 4) is 5.75 Å². The summed E-state index contributed by atoms with van der Waals surface area (Å²) < 4.78 is 17.1. The molecule has 27 heavy (non-hydrogen) atoms. The number of nitrogens with one attached hydrogen (secondary N) is 1. The lowest BCUT2D eigenvalue weighted by atomic mass is 10.3. The molecule has 1 N–H and O–H groups in total. The molecule has 1 amide bonds. The number of hydrogen-bond acceptors (Lipinski definition) is 6. The highest BCUT2D eigenvalue weighted by Crippen LogP contribution is 2.19. The quantitative estimate of drug-likeness (QED) is 0.650. The number of furan rings is 1. The predicted molar refractivity (Wildman–Crippen MR) is 97.0 cm³/mol. The molecule has 0 aliphatic carbocycles. The minimum absolute atomic E-state index is 0.00574. The third-order valence-corrected chi connectivity index (χ3v) is 3.79. The molecule has 0 saturated heterocycles. The number of benzene rings is 1. The van der Waals surface area contributed by atoms with Crippen molar-refractivity contribution in [1.29, 1.82) is 0 Å². The van der Waals surface area contributed by atoms with Crippen molar-refractivity contribution in [2.24, 2.45) is 7.05 Å². The Bertz CT molecular complexity index is 962. The monoisotopic (exact) mass is 389 g/mol. The number of nitrogens with zero attached hydrogens (tertiary/aromatic N) is 2. The maximum atomic E-state index is 12.4. The lowest BCUT2D eigenvalue weighted by Crippen LogP contribution is -2.14. The van der Waals surface area contributed by atoms with Crippen molar-refractivity contribution in [2.75, 3.05) is 12.4 Å². The van der Waals surface area contributed by atoms with Gasteiger partial charge >= 0.3 is 5.97 Å². The van der Waals surface area contributed by atoms with Crippen molar-refractivity contribution in [3.05, 3.63) is 64.8 Å². The summed E-state index contributed by atoms with van der Waals surface area (Å²) in [5.41, 5.74) is 0.232. The van der Waals surface area contributed by atoms with Crippen LogP contribution in [-0.2, 0) is 18.4 Å². The fraction of sp³-hybridized carbons (Fsp3) is 0.167. The van der Waals surface area contributed by atoms with E-state index in [0.29, 0.717) is 16.5 Å². The number of carbonyl (C=O) groups is 2. The van der Waals surface area contributed by atoms with Crippen LogP contribution in [0.15, 0.2) is 47.0 Å². The van der Waals surface area contributed by atoms with Gasteiger partial charge in [0.2, 0.25) is 0 Å². The third kappa shape index (κ3) is 4.48. The minimum atomic E-state index is -0.651. The molecule has 140 valence electrons. The molecule has 0 atom stereocenters. The molecule has 9 heteroatoms. The second-order valence-corrected chi connectivity index (χ2v) is 5.96. The van der Waals surface area contributed by atoms with Gasteiger partial charge in [-0.1, -0.05) is 11.6 Å². The van der Waals surface area contributed by atoms with Crippen LogP contribution in [0.1, 0.15) is 26.8 Å². The molecule has 0 aliphatic heterocycles. The molecule has 3 rings (SSSR count). The van der Waals surface area contributed by atoms with Crippen molar-refractivity contribution in [2.45, 2.75) is 6.61 Å². The van der Waals surface area contributed by atoms with Crippen LogP contribution < -0.4 is 10.1 Å². The van der Waals surface area contributed by atoms with E-state index in [1.54, 1.807) is 37.4 Å². The Hall–Kier alpha value is -3.26. The Morgan fingerprint density at radius 2 is 1.96 bits per heavy atom. The number of rotatable bonds is 6. The zero-order valence-corrected chi connectivity index (χ0v) is 15.3. The lowest BCUT2D eigenvalue weighted by Gasteiger charge is -2.04. The van der Waals surface area contributed by atoms with E-state index in [4.69, 9.17) is 20.8 Å². The number of methoxy groups -OCH3 is 1. The molecule has 0 spiro atoms. The van der Waals surface area contributed by atoms with Gasteiger partial charge in [0, 0.05) is 18.3 Å². The summed E-state index contributed by atoms with van der Waals surface area (Å²) in [6.07, 6.45) is 1.50. The summed E-state index contributed by atoms with van der Waals surface area (Å²) in [6, 6.07) is 10.0. The molecule has 0 aliphatic rings. The maximum Gasteiger partial charge on any atom is 0.360 e. The molecule has 8 nitrogen and oxygen atoms in total. The number of esters is 1. The topological polar surface area (TPSA) is 95.6 Å². The fourth-order valence-electron chi connectivity index (χ4n) is 2.27. The van der Waals surface area contributed by atoms with E-state index in [0.717, 1.165) is 0 Å². The zero-order chi connectivity index (χ0) is 19.4. The van der Waals surface area contributed by atoms with Gasteiger partial charge in [-0.15, -0.1) is 0 Å². The number of anilines is 1. The molecule has 1 aromatic carbocycles. The minimum Gasteiger partial charge on any atom is -0.486 e. The van der Waals surface area contributed by atoms with Crippen LogP contribution >= 0.6 is 11.6 Å². The number of halogens is 1. The van der Waals surface area contributed by atoms with Crippen LogP contribution in [-0.4, -0.2) is 28.8 Å². The molecular formula is C18H16ClN3O5. The van der Waals surface area contributed by atoms with E-state index in [-0.39, 0.29) is 23.7 Å². The van der Waals surface area contributed by atoms with E-state index >= 15 is 0 Å². The molecular weight excluding hydrogens is 374 g/mol. The van der Waals surface area contributed by atoms with Gasteiger partial charge in [0.1, 0.15) is 18.1 Å². The Morgan fingerprint density at radius 3 is 2.67 bits per heavy atom. The van der Waals surface area contributed by atoms with Gasteiger partial charge in [-0.05, 0) is 36.4 Å². The smallest absolute Gasteiger partial charge is 0.360 e. The standard InChI is InChI=1S/C18H16ClN3O5/c1-22-9-14(16(21-22)18(24)25-2)20-17(23)15-8-7-13(27-15)10-26-12-5-3-11(19)4-6-12/h3-9H,10H2,1-2H3,(H,20,23). The van der Waals surface area contributed by atoms with Crippen LogP contribution in [0.25, 0.3) is 0 Å². The average Bonchev–Trinajstić information content (AvgIpc) is 3.27. The van der Waals surface area contributed by atoms with Crippen LogP contribution in [0.2, 0.25) is 5.02 Å². The van der Waals surface area contributed by atoms with Crippen molar-refractivity contribution >= 4 is 29.2 Å². The number of aryl methyl sites for hydroxylation is 1. The average molecular weight is 390 g/mol. The maximum absolute atomic E-state index is 12.4. The van der Waals surface area contributed by atoms with Gasteiger partial charge < -0.3 is 19.2 Å². The summed E-state index contributed by atoms with van der Waals surface area (Å²) in [4.78, 5) is 24.1. The number of aromatic nitrogens is 2. The number of carbonyl (C=O) groups excluding carboxylic acids is 2. The van der Waals surface area contributed by atoms with Gasteiger partial charge in [-0.25, -0.2) is 4.79 Å². The highest BCUT2D eigenvalue weighted by molar-refractivity contribution is 6.30. The Balaban J connectivity index is 1.65. The van der Waals surface area contributed by atoms with E-state index < -0.39 is 11.9 Å². The summed E-state index contributed by atoms with van der Waals surface area (Å²) >= 11 is 5.82. The van der Waals surface area contributed by atoms with Gasteiger partial charge in [-0.3, -0.25) is 9.48 Å². The highest BCUT2D eigenvalue weighted by atomic mass is 35.5. The van der Waals surface area contributed by atoms with Crippen LogP contribution in [0, 0.1) is 0 Å². The molecule has 0 radical (unpaired) electrons. The van der Waals surface area contributed by atoms with Gasteiger partial charge in [-0.2, -0.15) is 5.10 Å². The van der Waals surface area contributed by atoms with E-state index in [9.17, 15) is 9.59 Å². The first kappa shape index (κ1) is 18.5. The van der Waals surface area contributed by atoms with Crippen molar-refractivity contribution in [3.63, 3.8) is 0 Å². The SMILES string of the molecule is COC(=O)c1nn(C)cc1NC(=O)c1ccc(COc2ccc(Cl)cc2)o1. The van der Waals surface area contributed by atoms with Crippen LogP contribution in [0.4, 0.5) is 5.69 Å². The van der Waals surface area contributed by atoms with Crippen LogP contribution in [0.3, 0.4) is 0 Å². The molecule has 3 aromatic rings. The molecule has 2 aromatic heterocycles. The predicted octanol–water partition coefficient (Wildman–Crippen LogP) is 3.28. The second-order valence-electron chi connectivity index (χ2n) is 5.52. The third-order valence-electron chi connectivity index (χ3n) is 3.54. The van der Waals surface area contributed by atoms with Gasteiger partial charge in [0.15, 0.2) is 11.5 Å². The number of ether oxygens (including phenoxy) is 2. The Labute approximate surface area is 159 Å². The van der Waals surface area contributed by atoms with Crippen molar-refractivity contribution < 1.29 is 23.5 Å². The first-order valence-electron chi connectivity index (χ1n) is 7.86. The normalized spacial score (nSPS) is 10.5. The molecule has 0 unspecified atom stereocenters.